The van der Waals surface area contributed by atoms with Gasteiger partial charge in [-0.15, -0.1) is 0 Å². The molecule has 0 aromatic rings. The number of carbonyl (C=O) groups excluding carboxylic acids is 1. The molecular formula is C16H29NO3. The largest absolute Gasteiger partial charge is 0.390 e. The smallest absolute Gasteiger partial charge is 0.207 e. The van der Waals surface area contributed by atoms with Crippen molar-refractivity contribution in [3.63, 3.8) is 0 Å². The summed E-state index contributed by atoms with van der Waals surface area (Å²) < 4.78 is 0. The fraction of sp³-hybridized carbons (Fsp3) is 0.812. The van der Waals surface area contributed by atoms with Gasteiger partial charge in [-0.2, -0.15) is 0 Å². The highest BCUT2D eigenvalue weighted by Crippen LogP contribution is 2.35. The zero-order valence-electron chi connectivity index (χ0n) is 13.1. The Morgan fingerprint density at radius 2 is 1.85 bits per heavy atom. The van der Waals surface area contributed by atoms with Crippen LogP contribution in [0.2, 0.25) is 0 Å². The van der Waals surface area contributed by atoms with Gasteiger partial charge in [-0.05, 0) is 51.4 Å². The highest BCUT2D eigenvalue weighted by molar-refractivity contribution is 5.47. The van der Waals surface area contributed by atoms with E-state index in [4.69, 9.17) is 0 Å². The van der Waals surface area contributed by atoms with E-state index in [1.54, 1.807) is 6.08 Å². The molecule has 3 N–H and O–H groups in total. The van der Waals surface area contributed by atoms with Gasteiger partial charge in [0.2, 0.25) is 6.41 Å². The third kappa shape index (κ3) is 4.60. The maximum Gasteiger partial charge on any atom is 0.207 e. The molecule has 0 aromatic carbocycles. The summed E-state index contributed by atoms with van der Waals surface area (Å²) in [6.07, 6.45) is 4.98. The molecule has 2 atom stereocenters. The van der Waals surface area contributed by atoms with Crippen molar-refractivity contribution < 1.29 is 15.0 Å². The number of allylic oxidation sites excluding steroid dienone is 1. The van der Waals surface area contributed by atoms with Crippen LogP contribution in [0.1, 0.15) is 53.4 Å². The highest BCUT2D eigenvalue weighted by Gasteiger charge is 2.31. The third-order valence-corrected chi connectivity index (χ3v) is 4.61. The molecule has 0 radical (unpaired) electrons. The van der Waals surface area contributed by atoms with Crippen molar-refractivity contribution in [1.29, 1.82) is 0 Å². The second-order valence-electron chi connectivity index (χ2n) is 6.73. The van der Waals surface area contributed by atoms with Gasteiger partial charge in [0.1, 0.15) is 0 Å². The molecule has 1 amide bonds. The number of nitrogens with one attached hydrogen (secondary N) is 1. The van der Waals surface area contributed by atoms with Crippen LogP contribution in [-0.2, 0) is 4.79 Å². The minimum atomic E-state index is -0.795. The van der Waals surface area contributed by atoms with Crippen LogP contribution >= 0.6 is 0 Å². The number of hydrogen-bond donors (Lipinski definition) is 3. The lowest BCUT2D eigenvalue weighted by Gasteiger charge is -2.37. The summed E-state index contributed by atoms with van der Waals surface area (Å²) in [5.74, 6) is 0.478. The summed E-state index contributed by atoms with van der Waals surface area (Å²) in [5.41, 5.74) is 1.06. The van der Waals surface area contributed by atoms with E-state index in [2.05, 4.69) is 12.2 Å². The van der Waals surface area contributed by atoms with Crippen LogP contribution in [0.5, 0.6) is 0 Å². The van der Waals surface area contributed by atoms with Crippen molar-refractivity contribution in [2.24, 2.45) is 11.8 Å². The van der Waals surface area contributed by atoms with Crippen LogP contribution in [0, 0.1) is 11.8 Å². The number of hydrogen-bond acceptors (Lipinski definition) is 3. The first kappa shape index (κ1) is 17.2. The Bertz CT molecular complexity index is 344. The monoisotopic (exact) mass is 283 g/mol. The minimum absolute atomic E-state index is 0.0421. The molecule has 0 bridgehead atoms. The van der Waals surface area contributed by atoms with Crippen molar-refractivity contribution in [2.45, 2.75) is 71.1 Å². The minimum Gasteiger partial charge on any atom is -0.390 e. The van der Waals surface area contributed by atoms with E-state index in [1.807, 2.05) is 20.8 Å². The number of carbonyl (C=O) groups is 1. The molecule has 116 valence electrons. The number of aliphatic hydroxyl groups is 2. The molecule has 1 rings (SSSR count). The van der Waals surface area contributed by atoms with Gasteiger partial charge in [0, 0.05) is 5.54 Å². The Balaban J connectivity index is 2.58. The predicted molar refractivity (Wildman–Crippen MR) is 80.2 cm³/mol. The van der Waals surface area contributed by atoms with Crippen LogP contribution in [0.3, 0.4) is 0 Å². The maximum absolute atomic E-state index is 10.6. The normalized spacial score (nSPS) is 30.9. The van der Waals surface area contributed by atoms with E-state index in [0.29, 0.717) is 5.92 Å². The average Bonchev–Trinajstić information content (AvgIpc) is 2.38. The standard InChI is InChI=1S/C16H29NO3/c1-11(2)15(20)14(19)9-12(3)13-5-7-16(4,8-6-13)17-10-18/h9-11,13-15,19-20H,5-8H2,1-4H3,(H,17,18)/b12-9+/t13?,14-,15+,16?/m1/s1. The number of rotatable bonds is 6. The average molecular weight is 283 g/mol. The molecule has 0 spiro atoms. The molecule has 0 unspecified atom stereocenters. The van der Waals surface area contributed by atoms with Gasteiger partial charge < -0.3 is 15.5 Å². The second kappa shape index (κ2) is 7.23. The lowest BCUT2D eigenvalue weighted by atomic mass is 9.75. The fourth-order valence-electron chi connectivity index (χ4n) is 2.90. The Labute approximate surface area is 122 Å². The van der Waals surface area contributed by atoms with Gasteiger partial charge >= 0.3 is 0 Å². The molecule has 0 saturated heterocycles. The van der Waals surface area contributed by atoms with Gasteiger partial charge in [-0.1, -0.05) is 25.5 Å². The van der Waals surface area contributed by atoms with Crippen molar-refractivity contribution in [3.8, 4) is 0 Å². The van der Waals surface area contributed by atoms with E-state index < -0.39 is 12.2 Å². The van der Waals surface area contributed by atoms with Crippen molar-refractivity contribution >= 4 is 6.41 Å². The van der Waals surface area contributed by atoms with E-state index >= 15 is 0 Å². The van der Waals surface area contributed by atoms with Crippen LogP contribution in [0.25, 0.3) is 0 Å². The van der Waals surface area contributed by atoms with E-state index in [0.717, 1.165) is 37.7 Å². The fourth-order valence-corrected chi connectivity index (χ4v) is 2.90. The summed E-state index contributed by atoms with van der Waals surface area (Å²) in [5, 5.41) is 22.7. The van der Waals surface area contributed by atoms with Crippen LogP contribution in [0.15, 0.2) is 11.6 Å². The van der Waals surface area contributed by atoms with E-state index in [1.165, 1.54) is 0 Å². The van der Waals surface area contributed by atoms with Crippen LogP contribution < -0.4 is 5.32 Å². The number of aliphatic hydroxyl groups excluding tert-OH is 2. The lowest BCUT2D eigenvalue weighted by Crippen LogP contribution is -2.44. The van der Waals surface area contributed by atoms with Crippen LogP contribution in [0.4, 0.5) is 0 Å². The molecular weight excluding hydrogens is 254 g/mol. The quantitative estimate of drug-likeness (QED) is 0.516. The molecule has 0 aliphatic heterocycles. The van der Waals surface area contributed by atoms with Gasteiger partial charge in [0.05, 0.1) is 12.2 Å². The van der Waals surface area contributed by atoms with Crippen molar-refractivity contribution in [3.05, 3.63) is 11.6 Å². The summed E-state index contributed by atoms with van der Waals surface area (Å²) in [7, 11) is 0. The molecule has 1 aliphatic carbocycles. The summed E-state index contributed by atoms with van der Waals surface area (Å²) in [6, 6.07) is 0. The van der Waals surface area contributed by atoms with Crippen LogP contribution in [-0.4, -0.2) is 34.4 Å². The first-order chi connectivity index (χ1) is 9.29. The Morgan fingerprint density at radius 1 is 1.30 bits per heavy atom. The van der Waals surface area contributed by atoms with Gasteiger partial charge in [-0.25, -0.2) is 0 Å². The van der Waals surface area contributed by atoms with Gasteiger partial charge in [0.15, 0.2) is 0 Å². The molecule has 4 nitrogen and oxygen atoms in total. The summed E-state index contributed by atoms with van der Waals surface area (Å²) in [4.78, 5) is 10.6. The first-order valence-corrected chi connectivity index (χ1v) is 7.55. The Kier molecular flexibility index (Phi) is 6.21. The molecule has 1 saturated carbocycles. The van der Waals surface area contributed by atoms with Crippen molar-refractivity contribution in [2.75, 3.05) is 0 Å². The maximum atomic E-state index is 10.6. The van der Waals surface area contributed by atoms with Gasteiger partial charge in [-0.3, -0.25) is 4.79 Å². The lowest BCUT2D eigenvalue weighted by molar-refractivity contribution is -0.111. The SMILES string of the molecule is C/C(=C\[C@@H](O)[C@@H](O)C(C)C)C1CCC(C)(NC=O)CC1. The predicted octanol–water partition coefficient (Wildman–Crippen LogP) is 2.01. The summed E-state index contributed by atoms with van der Waals surface area (Å²) in [6.45, 7) is 7.90. The summed E-state index contributed by atoms with van der Waals surface area (Å²) >= 11 is 0. The Hall–Kier alpha value is -0.870. The van der Waals surface area contributed by atoms with E-state index in [-0.39, 0.29) is 11.5 Å². The topological polar surface area (TPSA) is 69.6 Å². The molecule has 0 heterocycles. The molecule has 4 heteroatoms. The molecule has 20 heavy (non-hydrogen) atoms. The van der Waals surface area contributed by atoms with Gasteiger partial charge in [0.25, 0.3) is 0 Å². The Morgan fingerprint density at radius 3 is 2.30 bits per heavy atom. The van der Waals surface area contributed by atoms with E-state index in [9.17, 15) is 15.0 Å². The number of amides is 1. The third-order valence-electron chi connectivity index (χ3n) is 4.61. The molecule has 0 aromatic heterocycles. The zero-order chi connectivity index (χ0) is 15.3. The molecule has 1 fully saturated rings. The second-order valence-corrected chi connectivity index (χ2v) is 6.73. The molecule has 1 aliphatic rings. The van der Waals surface area contributed by atoms with Crippen molar-refractivity contribution in [1.82, 2.24) is 5.32 Å². The first-order valence-electron chi connectivity index (χ1n) is 7.55. The zero-order valence-corrected chi connectivity index (χ0v) is 13.1. The highest BCUT2D eigenvalue weighted by atomic mass is 16.3.